The maximum atomic E-state index is 12.3. The fraction of sp³-hybridized carbons (Fsp3) is 0.688. The number of hydrogen-bond acceptors (Lipinski definition) is 6. The second-order valence-electron chi connectivity index (χ2n) is 5.09. The molecule has 1 rings (SSSR count). The number of rotatable bonds is 11. The van der Waals surface area contributed by atoms with Crippen LogP contribution in [0.1, 0.15) is 55.9 Å². The van der Waals surface area contributed by atoms with E-state index < -0.39 is 5.97 Å². The lowest BCUT2D eigenvalue weighted by Gasteiger charge is -2.21. The van der Waals surface area contributed by atoms with E-state index in [0.29, 0.717) is 32.1 Å². The molecule has 0 saturated carbocycles. The number of hydrogen-bond donors (Lipinski definition) is 0. The van der Waals surface area contributed by atoms with E-state index in [1.54, 1.807) is 4.90 Å². The van der Waals surface area contributed by atoms with Crippen LogP contribution in [0.25, 0.3) is 0 Å². The molecule has 0 aliphatic heterocycles. The van der Waals surface area contributed by atoms with Crippen molar-refractivity contribution in [3.05, 3.63) is 17.8 Å². The average Bonchev–Trinajstić information content (AvgIpc) is 3.03. The van der Waals surface area contributed by atoms with Gasteiger partial charge in [0.15, 0.2) is 5.69 Å². The molecule has 130 valence electrons. The molecule has 0 aromatic carbocycles. The van der Waals surface area contributed by atoms with E-state index >= 15 is 0 Å². The van der Waals surface area contributed by atoms with Gasteiger partial charge in [-0.2, -0.15) is 0 Å². The largest absolute Gasteiger partial charge is 0.464 e. The first-order chi connectivity index (χ1) is 11.1. The number of amides is 1. The van der Waals surface area contributed by atoms with Gasteiger partial charge in [-0.1, -0.05) is 13.3 Å². The highest BCUT2D eigenvalue weighted by atomic mass is 16.5. The van der Waals surface area contributed by atoms with E-state index in [1.165, 1.54) is 13.4 Å². The summed E-state index contributed by atoms with van der Waals surface area (Å²) in [6.45, 7) is 6.05. The van der Waals surface area contributed by atoms with E-state index in [0.717, 1.165) is 19.3 Å². The Hall–Kier alpha value is -1.89. The summed E-state index contributed by atoms with van der Waals surface area (Å²) in [5.41, 5.74) is 0.109. The standard InChI is InChI=1S/C16H26N2O5/c1-4-6-8-15(19)18(9-7-10-22-5-2)11-14-17-13(12-23-14)16(20)21-3/h12H,4-11H2,1-3H3. The minimum atomic E-state index is -0.555. The molecule has 1 aromatic rings. The maximum Gasteiger partial charge on any atom is 0.360 e. The Balaban J connectivity index is 2.64. The van der Waals surface area contributed by atoms with Crippen LogP contribution < -0.4 is 0 Å². The van der Waals surface area contributed by atoms with Crippen LogP contribution in [0.15, 0.2) is 10.7 Å². The number of ether oxygens (including phenoxy) is 2. The van der Waals surface area contributed by atoms with Gasteiger partial charge in [-0.15, -0.1) is 0 Å². The van der Waals surface area contributed by atoms with E-state index in [-0.39, 0.29) is 18.1 Å². The third-order valence-corrected chi connectivity index (χ3v) is 3.29. The Morgan fingerprint density at radius 2 is 2.09 bits per heavy atom. The molecule has 1 amide bonds. The lowest BCUT2D eigenvalue weighted by atomic mass is 10.2. The fourth-order valence-electron chi connectivity index (χ4n) is 2.02. The Morgan fingerprint density at radius 3 is 2.74 bits per heavy atom. The molecule has 0 atom stereocenters. The van der Waals surface area contributed by atoms with E-state index in [1.807, 2.05) is 13.8 Å². The molecular formula is C16H26N2O5. The van der Waals surface area contributed by atoms with Crippen LogP contribution in [-0.4, -0.2) is 48.6 Å². The van der Waals surface area contributed by atoms with Gasteiger partial charge in [0.2, 0.25) is 11.8 Å². The van der Waals surface area contributed by atoms with Gasteiger partial charge in [-0.05, 0) is 19.8 Å². The number of aromatic nitrogens is 1. The first-order valence-corrected chi connectivity index (χ1v) is 8.00. The highest BCUT2D eigenvalue weighted by molar-refractivity contribution is 5.86. The number of methoxy groups -OCH3 is 1. The number of carbonyl (C=O) groups is 2. The molecular weight excluding hydrogens is 300 g/mol. The Kier molecular flexibility index (Phi) is 8.97. The summed E-state index contributed by atoms with van der Waals surface area (Å²) in [6.07, 6.45) is 4.30. The smallest absolute Gasteiger partial charge is 0.360 e. The molecule has 0 aliphatic rings. The lowest BCUT2D eigenvalue weighted by molar-refractivity contribution is -0.132. The van der Waals surface area contributed by atoms with Gasteiger partial charge in [0.1, 0.15) is 6.26 Å². The zero-order valence-electron chi connectivity index (χ0n) is 14.2. The number of nitrogens with zero attached hydrogens (tertiary/aromatic N) is 2. The predicted octanol–water partition coefficient (Wildman–Crippen LogP) is 2.41. The van der Waals surface area contributed by atoms with E-state index in [9.17, 15) is 9.59 Å². The first-order valence-electron chi connectivity index (χ1n) is 8.00. The second kappa shape index (κ2) is 10.8. The number of oxazole rings is 1. The second-order valence-corrected chi connectivity index (χ2v) is 5.09. The number of unbranched alkanes of at least 4 members (excludes halogenated alkanes) is 1. The SMILES string of the molecule is CCCCC(=O)N(CCCOCC)Cc1nc(C(=O)OC)co1. The van der Waals surface area contributed by atoms with Crippen molar-refractivity contribution in [2.75, 3.05) is 26.9 Å². The molecule has 0 radical (unpaired) electrons. The summed E-state index contributed by atoms with van der Waals surface area (Å²) in [7, 11) is 1.28. The van der Waals surface area contributed by atoms with Gasteiger partial charge < -0.3 is 18.8 Å². The van der Waals surface area contributed by atoms with Crippen molar-refractivity contribution >= 4 is 11.9 Å². The van der Waals surface area contributed by atoms with Crippen LogP contribution in [-0.2, 0) is 20.8 Å². The highest BCUT2D eigenvalue weighted by Crippen LogP contribution is 2.10. The normalized spacial score (nSPS) is 10.6. The minimum absolute atomic E-state index is 0.0566. The summed E-state index contributed by atoms with van der Waals surface area (Å²) in [5, 5.41) is 0. The molecule has 0 aliphatic carbocycles. The van der Waals surface area contributed by atoms with E-state index in [2.05, 4.69) is 9.72 Å². The van der Waals surface area contributed by atoms with Crippen molar-refractivity contribution in [1.82, 2.24) is 9.88 Å². The van der Waals surface area contributed by atoms with Crippen molar-refractivity contribution in [2.24, 2.45) is 0 Å². The summed E-state index contributed by atoms with van der Waals surface area (Å²) in [5.74, 6) is -0.173. The van der Waals surface area contributed by atoms with Crippen LogP contribution in [0.3, 0.4) is 0 Å². The molecule has 7 nitrogen and oxygen atoms in total. The molecule has 1 heterocycles. The molecule has 23 heavy (non-hydrogen) atoms. The summed E-state index contributed by atoms with van der Waals surface area (Å²) in [4.78, 5) is 29.4. The average molecular weight is 326 g/mol. The third-order valence-electron chi connectivity index (χ3n) is 3.29. The summed E-state index contributed by atoms with van der Waals surface area (Å²) in [6, 6.07) is 0. The van der Waals surface area contributed by atoms with Crippen molar-refractivity contribution in [3.63, 3.8) is 0 Å². The van der Waals surface area contributed by atoms with Gasteiger partial charge in [0.25, 0.3) is 0 Å². The summed E-state index contributed by atoms with van der Waals surface area (Å²) < 4.78 is 15.2. The van der Waals surface area contributed by atoms with Gasteiger partial charge in [0.05, 0.1) is 13.7 Å². The fourth-order valence-corrected chi connectivity index (χ4v) is 2.02. The monoisotopic (exact) mass is 326 g/mol. The topological polar surface area (TPSA) is 81.9 Å². The Labute approximate surface area is 136 Å². The predicted molar refractivity (Wildman–Crippen MR) is 83.9 cm³/mol. The third kappa shape index (κ3) is 6.81. The Bertz CT molecular complexity index is 487. The number of carbonyl (C=O) groups excluding carboxylic acids is 2. The van der Waals surface area contributed by atoms with Gasteiger partial charge in [0, 0.05) is 26.2 Å². The van der Waals surface area contributed by atoms with Crippen molar-refractivity contribution in [2.45, 2.75) is 46.1 Å². The molecule has 0 fully saturated rings. The zero-order chi connectivity index (χ0) is 17.1. The van der Waals surface area contributed by atoms with Gasteiger partial charge in [-0.25, -0.2) is 9.78 Å². The quantitative estimate of drug-likeness (QED) is 0.459. The van der Waals surface area contributed by atoms with E-state index in [4.69, 9.17) is 9.15 Å². The highest BCUT2D eigenvalue weighted by Gasteiger charge is 2.18. The molecule has 0 bridgehead atoms. The van der Waals surface area contributed by atoms with Crippen molar-refractivity contribution in [3.8, 4) is 0 Å². The Morgan fingerprint density at radius 1 is 1.30 bits per heavy atom. The molecule has 0 unspecified atom stereocenters. The maximum absolute atomic E-state index is 12.3. The molecule has 0 saturated heterocycles. The van der Waals surface area contributed by atoms with Crippen LogP contribution in [0, 0.1) is 0 Å². The lowest BCUT2D eigenvalue weighted by Crippen LogP contribution is -2.32. The number of esters is 1. The first kappa shape index (κ1) is 19.2. The molecule has 7 heteroatoms. The molecule has 0 spiro atoms. The minimum Gasteiger partial charge on any atom is -0.464 e. The zero-order valence-corrected chi connectivity index (χ0v) is 14.2. The van der Waals surface area contributed by atoms with Crippen LogP contribution in [0.5, 0.6) is 0 Å². The summed E-state index contributed by atoms with van der Waals surface area (Å²) >= 11 is 0. The van der Waals surface area contributed by atoms with Gasteiger partial charge in [-0.3, -0.25) is 4.79 Å². The molecule has 0 N–H and O–H groups in total. The van der Waals surface area contributed by atoms with Crippen LogP contribution in [0.4, 0.5) is 0 Å². The van der Waals surface area contributed by atoms with Gasteiger partial charge >= 0.3 is 5.97 Å². The molecule has 1 aromatic heterocycles. The van der Waals surface area contributed by atoms with Crippen LogP contribution >= 0.6 is 0 Å². The van der Waals surface area contributed by atoms with Crippen molar-refractivity contribution in [1.29, 1.82) is 0 Å². The van der Waals surface area contributed by atoms with Crippen LogP contribution in [0.2, 0.25) is 0 Å². The van der Waals surface area contributed by atoms with Crippen molar-refractivity contribution < 1.29 is 23.5 Å².